The van der Waals surface area contributed by atoms with E-state index in [2.05, 4.69) is 21.2 Å². The molecule has 0 saturated carbocycles. The maximum atomic E-state index is 11.5. The average molecular weight is 313 g/mol. The lowest BCUT2D eigenvalue weighted by atomic mass is 10.2. The SMILES string of the molecule is O=C(NC(O)C(Cl)(Cl)Br)c1ccccc1. The van der Waals surface area contributed by atoms with E-state index in [1.165, 1.54) is 0 Å². The lowest BCUT2D eigenvalue weighted by Crippen LogP contribution is -2.43. The van der Waals surface area contributed by atoms with Gasteiger partial charge in [0.05, 0.1) is 0 Å². The third-order valence-corrected chi connectivity index (χ3v) is 2.46. The molecule has 0 radical (unpaired) electrons. The first-order valence-corrected chi connectivity index (χ1v) is 5.57. The number of hydrogen-bond acceptors (Lipinski definition) is 2. The van der Waals surface area contributed by atoms with E-state index in [-0.39, 0.29) is 0 Å². The molecule has 15 heavy (non-hydrogen) atoms. The topological polar surface area (TPSA) is 49.3 Å². The van der Waals surface area contributed by atoms with E-state index in [0.29, 0.717) is 5.56 Å². The molecule has 1 unspecified atom stereocenters. The van der Waals surface area contributed by atoms with Crippen LogP contribution in [0.3, 0.4) is 0 Å². The average Bonchev–Trinajstić information content (AvgIpc) is 2.17. The van der Waals surface area contributed by atoms with Crippen LogP contribution in [0.2, 0.25) is 0 Å². The Balaban J connectivity index is 2.65. The highest BCUT2D eigenvalue weighted by Crippen LogP contribution is 2.31. The van der Waals surface area contributed by atoms with Crippen LogP contribution in [-0.4, -0.2) is 20.5 Å². The minimum Gasteiger partial charge on any atom is -0.370 e. The predicted octanol–water partition coefficient (Wildman–Crippen LogP) is 2.26. The van der Waals surface area contributed by atoms with Crippen molar-refractivity contribution >= 4 is 45.0 Å². The molecule has 0 aliphatic carbocycles. The van der Waals surface area contributed by atoms with Gasteiger partial charge in [0.25, 0.3) is 5.91 Å². The van der Waals surface area contributed by atoms with Crippen LogP contribution in [0.1, 0.15) is 10.4 Å². The lowest BCUT2D eigenvalue weighted by molar-refractivity contribution is 0.0798. The van der Waals surface area contributed by atoms with Gasteiger partial charge in [0.1, 0.15) is 0 Å². The molecule has 1 aromatic carbocycles. The molecule has 1 rings (SSSR count). The molecule has 2 N–H and O–H groups in total. The molecule has 1 aromatic rings. The molecule has 6 heteroatoms. The third-order valence-electron chi connectivity index (χ3n) is 1.61. The zero-order valence-corrected chi connectivity index (χ0v) is 10.6. The Bertz CT molecular complexity index is 340. The maximum Gasteiger partial charge on any atom is 0.253 e. The summed E-state index contributed by atoms with van der Waals surface area (Å²) in [7, 11) is 0. The predicted molar refractivity (Wildman–Crippen MR) is 63.3 cm³/mol. The summed E-state index contributed by atoms with van der Waals surface area (Å²) in [6, 6.07) is 8.43. The number of carbonyl (C=O) groups is 1. The molecule has 0 bridgehead atoms. The van der Waals surface area contributed by atoms with Crippen LogP contribution in [0, 0.1) is 0 Å². The standard InChI is InChI=1S/C9H8BrCl2NO2/c10-9(11,12)8(15)13-7(14)6-4-2-1-3-5-6/h1-5,8,15H,(H,13,14). The molecule has 0 spiro atoms. The Morgan fingerprint density at radius 1 is 1.40 bits per heavy atom. The first kappa shape index (κ1) is 12.8. The number of aliphatic hydroxyl groups is 1. The zero-order valence-electron chi connectivity index (χ0n) is 7.45. The molecule has 1 amide bonds. The number of benzene rings is 1. The molecule has 0 saturated heterocycles. The van der Waals surface area contributed by atoms with Gasteiger partial charge in [-0.25, -0.2) is 0 Å². The van der Waals surface area contributed by atoms with Gasteiger partial charge in [-0.3, -0.25) is 4.79 Å². The smallest absolute Gasteiger partial charge is 0.253 e. The van der Waals surface area contributed by atoms with Crippen LogP contribution in [-0.2, 0) is 0 Å². The number of aliphatic hydroxyl groups excluding tert-OH is 1. The highest BCUT2D eigenvalue weighted by Gasteiger charge is 2.31. The number of rotatable bonds is 3. The Labute approximate surface area is 106 Å². The summed E-state index contributed by atoms with van der Waals surface area (Å²) < 4.78 is -1.60. The van der Waals surface area contributed by atoms with Crippen molar-refractivity contribution in [2.75, 3.05) is 0 Å². The Morgan fingerprint density at radius 3 is 2.40 bits per heavy atom. The van der Waals surface area contributed by atoms with E-state index >= 15 is 0 Å². The summed E-state index contributed by atoms with van der Waals surface area (Å²) in [4.78, 5) is 11.5. The van der Waals surface area contributed by atoms with Crippen molar-refractivity contribution in [3.8, 4) is 0 Å². The van der Waals surface area contributed by atoms with Crippen molar-refractivity contribution in [3.63, 3.8) is 0 Å². The lowest BCUT2D eigenvalue weighted by Gasteiger charge is -2.20. The minimum atomic E-state index is -1.60. The van der Waals surface area contributed by atoms with Gasteiger partial charge in [-0.1, -0.05) is 41.4 Å². The number of hydrogen-bond donors (Lipinski definition) is 2. The fourth-order valence-corrected chi connectivity index (χ4v) is 1.10. The van der Waals surface area contributed by atoms with Gasteiger partial charge in [0.2, 0.25) is 3.24 Å². The molecule has 0 aromatic heterocycles. The summed E-state index contributed by atoms with van der Waals surface area (Å²) in [6.45, 7) is 0. The largest absolute Gasteiger partial charge is 0.370 e. The van der Waals surface area contributed by atoms with E-state index in [1.807, 2.05) is 0 Å². The van der Waals surface area contributed by atoms with E-state index in [9.17, 15) is 9.90 Å². The molecule has 82 valence electrons. The molecule has 0 aliphatic heterocycles. The molecule has 0 fully saturated rings. The number of nitrogens with one attached hydrogen (secondary N) is 1. The van der Waals surface area contributed by atoms with Crippen molar-refractivity contribution in [2.45, 2.75) is 9.47 Å². The van der Waals surface area contributed by atoms with Crippen LogP contribution in [0.25, 0.3) is 0 Å². The fraction of sp³-hybridized carbons (Fsp3) is 0.222. The van der Waals surface area contributed by atoms with Crippen molar-refractivity contribution in [2.24, 2.45) is 0 Å². The van der Waals surface area contributed by atoms with E-state index in [0.717, 1.165) is 0 Å². The molecule has 1 atom stereocenters. The number of carbonyl (C=O) groups excluding carboxylic acids is 1. The molecular formula is C9H8BrCl2NO2. The summed E-state index contributed by atoms with van der Waals surface area (Å²) in [5.41, 5.74) is 0.418. The van der Waals surface area contributed by atoms with Crippen molar-refractivity contribution in [3.05, 3.63) is 35.9 Å². The second kappa shape index (κ2) is 5.16. The molecule has 3 nitrogen and oxygen atoms in total. The monoisotopic (exact) mass is 311 g/mol. The quantitative estimate of drug-likeness (QED) is 0.664. The summed E-state index contributed by atoms with van der Waals surface area (Å²) in [5, 5.41) is 11.6. The summed E-state index contributed by atoms with van der Waals surface area (Å²) in [5.74, 6) is -0.451. The third kappa shape index (κ3) is 3.99. The first-order chi connectivity index (χ1) is 6.91. The van der Waals surface area contributed by atoms with Crippen molar-refractivity contribution in [1.82, 2.24) is 5.32 Å². The Hall–Kier alpha value is -0.290. The van der Waals surface area contributed by atoms with Gasteiger partial charge in [0.15, 0.2) is 6.23 Å². The molecule has 0 heterocycles. The minimum absolute atomic E-state index is 0.418. The van der Waals surface area contributed by atoms with Gasteiger partial charge < -0.3 is 10.4 Å². The van der Waals surface area contributed by atoms with Crippen molar-refractivity contribution < 1.29 is 9.90 Å². The van der Waals surface area contributed by atoms with E-state index in [1.54, 1.807) is 30.3 Å². The second-order valence-electron chi connectivity index (χ2n) is 2.78. The molecular weight excluding hydrogens is 305 g/mol. The Kier molecular flexibility index (Phi) is 4.40. The highest BCUT2D eigenvalue weighted by molar-refractivity contribution is 9.11. The van der Waals surface area contributed by atoms with Gasteiger partial charge in [-0.05, 0) is 28.1 Å². The highest BCUT2D eigenvalue weighted by atomic mass is 79.9. The van der Waals surface area contributed by atoms with Crippen molar-refractivity contribution in [1.29, 1.82) is 0 Å². The van der Waals surface area contributed by atoms with Gasteiger partial charge in [0, 0.05) is 5.56 Å². The van der Waals surface area contributed by atoms with Crippen LogP contribution >= 0.6 is 39.1 Å². The molecule has 0 aliphatic rings. The second-order valence-corrected chi connectivity index (χ2v) is 6.33. The number of alkyl halides is 3. The Morgan fingerprint density at radius 2 is 1.93 bits per heavy atom. The van der Waals surface area contributed by atoms with Gasteiger partial charge in [-0.15, -0.1) is 0 Å². The normalized spacial score (nSPS) is 13.3. The zero-order chi connectivity index (χ0) is 11.5. The summed E-state index contributed by atoms with van der Waals surface area (Å²) in [6.07, 6.45) is -1.39. The van der Waals surface area contributed by atoms with Gasteiger partial charge >= 0.3 is 0 Å². The number of amides is 1. The number of halogens is 3. The van der Waals surface area contributed by atoms with E-state index < -0.39 is 15.4 Å². The summed E-state index contributed by atoms with van der Waals surface area (Å²) >= 11 is 13.9. The van der Waals surface area contributed by atoms with Crippen LogP contribution in [0.15, 0.2) is 30.3 Å². The van der Waals surface area contributed by atoms with Crippen LogP contribution in [0.5, 0.6) is 0 Å². The van der Waals surface area contributed by atoms with Gasteiger partial charge in [-0.2, -0.15) is 0 Å². The van der Waals surface area contributed by atoms with E-state index in [4.69, 9.17) is 23.2 Å². The fourth-order valence-electron chi connectivity index (χ4n) is 0.879. The van der Waals surface area contributed by atoms with Crippen LogP contribution < -0.4 is 5.32 Å². The van der Waals surface area contributed by atoms with Crippen LogP contribution in [0.4, 0.5) is 0 Å². The first-order valence-electron chi connectivity index (χ1n) is 4.02. The maximum absolute atomic E-state index is 11.5.